The molecule has 0 aliphatic carbocycles. The van der Waals surface area contributed by atoms with E-state index in [-0.39, 0.29) is 12.5 Å². The van der Waals surface area contributed by atoms with Crippen molar-refractivity contribution >= 4 is 21.6 Å². The molecule has 0 fully saturated rings. The van der Waals surface area contributed by atoms with Crippen LogP contribution in [0.3, 0.4) is 0 Å². The Bertz CT molecular complexity index is 336. The second kappa shape index (κ2) is 4.39. The Morgan fingerprint density at radius 2 is 2.23 bits per heavy atom. The number of aliphatic hydroxyl groups excluding tert-OH is 1. The van der Waals surface area contributed by atoms with Crippen molar-refractivity contribution < 1.29 is 10.2 Å². The van der Waals surface area contributed by atoms with E-state index < -0.39 is 0 Å². The summed E-state index contributed by atoms with van der Waals surface area (Å²) in [4.78, 5) is 3.78. The zero-order valence-corrected chi connectivity index (χ0v) is 8.74. The van der Waals surface area contributed by atoms with Crippen LogP contribution < -0.4 is 0 Å². The number of halogens is 1. The minimum atomic E-state index is -0.263. The highest BCUT2D eigenvalue weighted by Crippen LogP contribution is 2.22. The normalized spacial score (nSPS) is 11.8. The Balaban J connectivity index is 3.09. The van der Waals surface area contributed by atoms with Gasteiger partial charge in [-0.3, -0.25) is 4.99 Å². The van der Waals surface area contributed by atoms with Gasteiger partial charge in [-0.1, -0.05) is 15.9 Å². The molecule has 1 aromatic rings. The number of aliphatic imine (C=N–C) groups is 1. The second-order valence-corrected chi connectivity index (χ2v) is 3.46. The van der Waals surface area contributed by atoms with Gasteiger partial charge >= 0.3 is 0 Å². The lowest BCUT2D eigenvalue weighted by Crippen LogP contribution is -1.96. The van der Waals surface area contributed by atoms with Crippen molar-refractivity contribution in [3.8, 4) is 5.75 Å². The molecule has 0 aromatic heterocycles. The summed E-state index contributed by atoms with van der Waals surface area (Å²) in [5, 5.41) is 18.1. The molecule has 0 bridgehead atoms. The van der Waals surface area contributed by atoms with Crippen molar-refractivity contribution in [2.45, 2.75) is 6.92 Å². The Labute approximate surface area is 84.9 Å². The van der Waals surface area contributed by atoms with Crippen molar-refractivity contribution in [1.29, 1.82) is 0 Å². The van der Waals surface area contributed by atoms with Crippen LogP contribution in [0.4, 0.5) is 0 Å². The molecule has 0 heterocycles. The molecule has 0 radical (unpaired) electrons. The molecule has 0 spiro atoms. The van der Waals surface area contributed by atoms with Crippen LogP contribution in [0.25, 0.3) is 0 Å². The van der Waals surface area contributed by atoms with Crippen molar-refractivity contribution in [3.05, 3.63) is 28.2 Å². The van der Waals surface area contributed by atoms with Crippen molar-refractivity contribution in [1.82, 2.24) is 0 Å². The average molecular weight is 244 g/mol. The van der Waals surface area contributed by atoms with Crippen LogP contribution in [0, 0.1) is 0 Å². The molecule has 2 N–H and O–H groups in total. The quantitative estimate of drug-likeness (QED) is 0.781. The van der Waals surface area contributed by atoms with E-state index in [1.165, 1.54) is 0 Å². The van der Waals surface area contributed by atoms with E-state index in [1.807, 2.05) is 6.07 Å². The maximum Gasteiger partial charge on any atom is 0.134 e. The third kappa shape index (κ3) is 2.54. The fourth-order valence-electron chi connectivity index (χ4n) is 1.00. The number of benzene rings is 1. The summed E-state index contributed by atoms with van der Waals surface area (Å²) in [6.45, 7) is 1.47. The lowest BCUT2D eigenvalue weighted by molar-refractivity contribution is 0.309. The standard InChI is InChI=1S/C9H10BrNO2/c1-6(11-5-12)8-3-2-7(10)4-9(8)13/h2-4,12-13H,5H2,1H3/b11-6+. The first kappa shape index (κ1) is 10.2. The third-order valence-electron chi connectivity index (χ3n) is 1.66. The largest absolute Gasteiger partial charge is 0.507 e. The molecule has 0 atom stereocenters. The molecule has 0 saturated carbocycles. The molecular weight excluding hydrogens is 234 g/mol. The fraction of sp³-hybridized carbons (Fsp3) is 0.222. The number of nitrogens with zero attached hydrogens (tertiary/aromatic N) is 1. The molecule has 0 aliphatic heterocycles. The molecule has 0 amide bonds. The maximum absolute atomic E-state index is 9.50. The molecule has 13 heavy (non-hydrogen) atoms. The Hall–Kier alpha value is -0.870. The molecule has 0 aliphatic rings. The first-order valence-corrected chi connectivity index (χ1v) is 4.55. The van der Waals surface area contributed by atoms with Crippen LogP contribution in [0.15, 0.2) is 27.7 Å². The lowest BCUT2D eigenvalue weighted by atomic mass is 10.1. The van der Waals surface area contributed by atoms with Gasteiger partial charge in [0.1, 0.15) is 12.5 Å². The number of phenols is 1. The fourth-order valence-corrected chi connectivity index (χ4v) is 1.35. The van der Waals surface area contributed by atoms with E-state index in [0.717, 1.165) is 4.47 Å². The van der Waals surface area contributed by atoms with Crippen LogP contribution in [-0.4, -0.2) is 22.7 Å². The van der Waals surface area contributed by atoms with Crippen LogP contribution in [0.2, 0.25) is 0 Å². The van der Waals surface area contributed by atoms with Crippen LogP contribution >= 0.6 is 15.9 Å². The molecule has 3 nitrogen and oxygen atoms in total. The highest BCUT2D eigenvalue weighted by atomic mass is 79.9. The number of aromatic hydroxyl groups is 1. The van der Waals surface area contributed by atoms with Gasteiger partial charge in [0, 0.05) is 15.7 Å². The van der Waals surface area contributed by atoms with Gasteiger partial charge in [0.25, 0.3) is 0 Å². The van der Waals surface area contributed by atoms with E-state index in [1.54, 1.807) is 19.1 Å². The van der Waals surface area contributed by atoms with Gasteiger partial charge in [-0.25, -0.2) is 0 Å². The van der Waals surface area contributed by atoms with Gasteiger partial charge in [0.05, 0.1) is 0 Å². The average Bonchev–Trinajstić information content (AvgIpc) is 2.04. The molecule has 0 saturated heterocycles. The van der Waals surface area contributed by atoms with Gasteiger partial charge in [0.15, 0.2) is 0 Å². The lowest BCUT2D eigenvalue weighted by Gasteiger charge is -2.03. The topological polar surface area (TPSA) is 52.8 Å². The summed E-state index contributed by atoms with van der Waals surface area (Å²) in [5.74, 6) is 0.157. The molecule has 1 rings (SSSR count). The minimum Gasteiger partial charge on any atom is -0.507 e. The number of hydrogen-bond acceptors (Lipinski definition) is 3. The summed E-state index contributed by atoms with van der Waals surface area (Å²) >= 11 is 3.24. The van der Waals surface area contributed by atoms with Gasteiger partial charge in [-0.05, 0) is 25.1 Å². The third-order valence-corrected chi connectivity index (χ3v) is 2.15. The highest BCUT2D eigenvalue weighted by molar-refractivity contribution is 9.10. The Morgan fingerprint density at radius 3 is 2.77 bits per heavy atom. The first-order chi connectivity index (χ1) is 6.15. The van der Waals surface area contributed by atoms with Crippen LogP contribution in [0.5, 0.6) is 5.75 Å². The van der Waals surface area contributed by atoms with E-state index in [0.29, 0.717) is 11.3 Å². The smallest absolute Gasteiger partial charge is 0.134 e. The number of aliphatic hydroxyl groups is 1. The molecule has 0 unspecified atom stereocenters. The zero-order valence-electron chi connectivity index (χ0n) is 7.16. The molecule has 1 aromatic carbocycles. The van der Waals surface area contributed by atoms with Crippen molar-refractivity contribution in [2.24, 2.45) is 4.99 Å². The van der Waals surface area contributed by atoms with E-state index in [9.17, 15) is 5.11 Å². The van der Waals surface area contributed by atoms with E-state index in [4.69, 9.17) is 5.11 Å². The summed E-state index contributed by atoms with van der Waals surface area (Å²) in [5.41, 5.74) is 1.25. The summed E-state index contributed by atoms with van der Waals surface area (Å²) in [6, 6.07) is 5.14. The number of hydrogen-bond donors (Lipinski definition) is 2. The summed E-state index contributed by atoms with van der Waals surface area (Å²) in [6.07, 6.45) is 0. The Kier molecular flexibility index (Phi) is 3.45. The predicted molar refractivity (Wildman–Crippen MR) is 55.1 cm³/mol. The number of rotatable bonds is 2. The summed E-state index contributed by atoms with van der Waals surface area (Å²) in [7, 11) is 0. The predicted octanol–water partition coefficient (Wildman–Crippen LogP) is 1.91. The van der Waals surface area contributed by atoms with Gasteiger partial charge in [-0.2, -0.15) is 0 Å². The molecular formula is C9H10BrNO2. The van der Waals surface area contributed by atoms with E-state index in [2.05, 4.69) is 20.9 Å². The van der Waals surface area contributed by atoms with Gasteiger partial charge in [0.2, 0.25) is 0 Å². The molecule has 4 heteroatoms. The van der Waals surface area contributed by atoms with Gasteiger partial charge < -0.3 is 10.2 Å². The monoisotopic (exact) mass is 243 g/mol. The highest BCUT2D eigenvalue weighted by Gasteiger charge is 2.03. The summed E-state index contributed by atoms with van der Waals surface area (Å²) < 4.78 is 0.811. The number of phenolic OH excluding ortho intramolecular Hbond substituents is 1. The molecule has 70 valence electrons. The van der Waals surface area contributed by atoms with Crippen LogP contribution in [-0.2, 0) is 0 Å². The zero-order chi connectivity index (χ0) is 9.84. The van der Waals surface area contributed by atoms with Crippen LogP contribution in [0.1, 0.15) is 12.5 Å². The maximum atomic E-state index is 9.50. The van der Waals surface area contributed by atoms with Gasteiger partial charge in [-0.15, -0.1) is 0 Å². The SMILES string of the molecule is C/C(=N\CO)c1ccc(Br)cc1O. The minimum absolute atomic E-state index is 0.157. The second-order valence-electron chi connectivity index (χ2n) is 2.55. The first-order valence-electron chi connectivity index (χ1n) is 3.76. The Morgan fingerprint density at radius 1 is 1.54 bits per heavy atom. The van der Waals surface area contributed by atoms with Crippen molar-refractivity contribution in [2.75, 3.05) is 6.73 Å². The van der Waals surface area contributed by atoms with Crippen molar-refractivity contribution in [3.63, 3.8) is 0 Å². The van der Waals surface area contributed by atoms with E-state index >= 15 is 0 Å².